The van der Waals surface area contributed by atoms with Crippen LogP contribution in [0.5, 0.6) is 5.75 Å². The quantitative estimate of drug-likeness (QED) is 0.408. The molecule has 182 valence electrons. The third-order valence-electron chi connectivity index (χ3n) is 6.27. The second-order valence-electron chi connectivity index (χ2n) is 8.66. The van der Waals surface area contributed by atoms with Gasteiger partial charge in [-0.15, -0.1) is 0 Å². The summed E-state index contributed by atoms with van der Waals surface area (Å²) < 4.78 is 5.53. The lowest BCUT2D eigenvalue weighted by atomic mass is 9.99. The highest BCUT2D eigenvalue weighted by molar-refractivity contribution is 6.30. The van der Waals surface area contributed by atoms with Gasteiger partial charge in [0.25, 0.3) is 0 Å². The fourth-order valence-corrected chi connectivity index (χ4v) is 4.65. The van der Waals surface area contributed by atoms with Crippen LogP contribution in [0, 0.1) is 0 Å². The number of anilines is 1. The fraction of sp³-hybridized carbons (Fsp3) is 0.440. The molecule has 5 N–H and O–H groups in total. The maximum absolute atomic E-state index is 12.9. The molecule has 0 aliphatic carbocycles. The summed E-state index contributed by atoms with van der Waals surface area (Å²) >= 11 is 6.16. The molecule has 1 fully saturated rings. The Morgan fingerprint density at radius 1 is 1.18 bits per heavy atom. The number of nitrogens with one attached hydrogen (secondary N) is 3. The summed E-state index contributed by atoms with van der Waals surface area (Å²) in [6.07, 6.45) is 3.00. The monoisotopic (exact) mass is 484 g/mol. The van der Waals surface area contributed by atoms with E-state index in [0.29, 0.717) is 18.1 Å². The van der Waals surface area contributed by atoms with E-state index in [4.69, 9.17) is 27.1 Å². The van der Waals surface area contributed by atoms with E-state index in [2.05, 4.69) is 34.1 Å². The van der Waals surface area contributed by atoms with E-state index in [1.54, 1.807) is 7.11 Å². The van der Waals surface area contributed by atoms with Crippen molar-refractivity contribution in [1.29, 1.82) is 0 Å². The Bertz CT molecular complexity index is 1030. The summed E-state index contributed by atoms with van der Waals surface area (Å²) in [5.74, 6) is 0.736. The number of methoxy groups -OCH3 is 1. The van der Waals surface area contributed by atoms with Gasteiger partial charge >= 0.3 is 0 Å². The van der Waals surface area contributed by atoms with E-state index < -0.39 is 0 Å². The van der Waals surface area contributed by atoms with E-state index in [1.807, 2.05) is 36.4 Å². The van der Waals surface area contributed by atoms with Crippen LogP contribution in [0.25, 0.3) is 0 Å². The van der Waals surface area contributed by atoms with Crippen LogP contribution < -0.4 is 31.5 Å². The molecule has 2 unspecified atom stereocenters. The van der Waals surface area contributed by atoms with E-state index >= 15 is 0 Å². The first-order valence-electron chi connectivity index (χ1n) is 11.8. The zero-order chi connectivity index (χ0) is 24.1. The first-order valence-corrected chi connectivity index (χ1v) is 12.2. The molecular formula is C25H33ClN6O2. The minimum Gasteiger partial charge on any atom is -0.497 e. The average Bonchev–Trinajstić information content (AvgIpc) is 3.16. The molecule has 2 aromatic rings. The highest BCUT2D eigenvalue weighted by Crippen LogP contribution is 2.36. The zero-order valence-electron chi connectivity index (χ0n) is 19.7. The molecule has 2 heterocycles. The topological polar surface area (TPSA) is 104 Å². The van der Waals surface area contributed by atoms with Crippen molar-refractivity contribution in [2.24, 2.45) is 10.7 Å². The molecule has 0 spiro atoms. The van der Waals surface area contributed by atoms with Crippen LogP contribution in [0.15, 0.2) is 47.5 Å². The zero-order valence-corrected chi connectivity index (χ0v) is 20.4. The number of ether oxygens (including phenoxy) is 1. The van der Waals surface area contributed by atoms with Gasteiger partial charge in [-0.3, -0.25) is 9.79 Å². The minimum absolute atomic E-state index is 0.0122. The van der Waals surface area contributed by atoms with E-state index in [-0.39, 0.29) is 30.7 Å². The van der Waals surface area contributed by atoms with Crippen molar-refractivity contribution in [2.45, 2.75) is 51.0 Å². The van der Waals surface area contributed by atoms with Gasteiger partial charge in [-0.25, -0.2) is 10.9 Å². The second kappa shape index (κ2) is 11.2. The van der Waals surface area contributed by atoms with Gasteiger partial charge in [0.2, 0.25) is 5.91 Å². The molecule has 1 saturated heterocycles. The molecule has 0 radical (unpaired) electrons. The third kappa shape index (κ3) is 5.36. The predicted molar refractivity (Wildman–Crippen MR) is 136 cm³/mol. The normalized spacial score (nSPS) is 21.4. The number of hydrogen-bond donors (Lipinski definition) is 4. The van der Waals surface area contributed by atoms with Crippen molar-refractivity contribution >= 4 is 28.9 Å². The SMILES string of the molecule is COc1ccc2c(c1)C(c1ccc(Cl)cc1)=N[C@@H](CC(=O)NCCCCCN)C1NNC(C)N21. The van der Waals surface area contributed by atoms with Crippen LogP contribution >= 0.6 is 11.6 Å². The minimum atomic E-state index is -0.314. The summed E-state index contributed by atoms with van der Waals surface area (Å²) in [5.41, 5.74) is 16.0. The largest absolute Gasteiger partial charge is 0.497 e. The highest BCUT2D eigenvalue weighted by Gasteiger charge is 2.40. The van der Waals surface area contributed by atoms with Crippen LogP contribution in [-0.4, -0.2) is 50.2 Å². The van der Waals surface area contributed by atoms with Crippen molar-refractivity contribution in [1.82, 2.24) is 16.2 Å². The number of carbonyl (C=O) groups excluding carboxylic acids is 1. The molecule has 0 aromatic heterocycles. The lowest BCUT2D eigenvalue weighted by molar-refractivity contribution is -0.121. The standard InChI is InChI=1S/C25H33ClN6O2/c1-16-30-31-25-21(15-23(33)28-13-5-3-4-12-27)29-24(17-6-8-18(26)9-7-17)20-14-19(34-2)10-11-22(20)32(16)25/h6-11,14,16,21,25,30-31H,3-5,12-13,15,27H2,1-2H3,(H,28,33)/t16?,21-,25?/m0/s1. The summed E-state index contributed by atoms with van der Waals surface area (Å²) in [4.78, 5) is 20.3. The molecule has 2 aliphatic heterocycles. The van der Waals surface area contributed by atoms with Gasteiger partial charge in [0.05, 0.1) is 31.4 Å². The maximum Gasteiger partial charge on any atom is 0.222 e. The third-order valence-corrected chi connectivity index (χ3v) is 6.52. The van der Waals surface area contributed by atoms with E-state index in [9.17, 15) is 4.79 Å². The van der Waals surface area contributed by atoms with Gasteiger partial charge in [-0.05, 0) is 56.6 Å². The van der Waals surface area contributed by atoms with Crippen molar-refractivity contribution in [3.8, 4) is 5.75 Å². The van der Waals surface area contributed by atoms with Crippen molar-refractivity contribution in [3.05, 3.63) is 58.6 Å². The smallest absolute Gasteiger partial charge is 0.222 e. The summed E-state index contributed by atoms with van der Waals surface area (Å²) in [6, 6.07) is 13.3. The molecule has 3 atom stereocenters. The average molecular weight is 485 g/mol. The molecule has 4 rings (SSSR count). The number of unbranched alkanes of at least 4 members (excludes halogenated alkanes) is 2. The number of hydrazine groups is 1. The number of hydrogen-bond acceptors (Lipinski definition) is 7. The van der Waals surface area contributed by atoms with Gasteiger partial charge in [0.1, 0.15) is 11.9 Å². The molecule has 8 nitrogen and oxygen atoms in total. The van der Waals surface area contributed by atoms with Gasteiger partial charge in [-0.1, -0.05) is 30.2 Å². The summed E-state index contributed by atoms with van der Waals surface area (Å²) in [7, 11) is 1.66. The van der Waals surface area contributed by atoms with E-state index in [0.717, 1.165) is 47.5 Å². The number of nitrogens with two attached hydrogens (primary N) is 1. The first-order chi connectivity index (χ1) is 16.5. The Kier molecular flexibility index (Phi) is 8.05. The van der Waals surface area contributed by atoms with Crippen LogP contribution in [0.3, 0.4) is 0 Å². The summed E-state index contributed by atoms with van der Waals surface area (Å²) in [5, 5.41) is 3.71. The van der Waals surface area contributed by atoms with Gasteiger partial charge in [-0.2, -0.15) is 0 Å². The van der Waals surface area contributed by atoms with Crippen molar-refractivity contribution in [3.63, 3.8) is 0 Å². The number of carbonyl (C=O) groups is 1. The first kappa shape index (κ1) is 24.5. The lowest BCUT2D eigenvalue weighted by Crippen LogP contribution is -2.47. The molecule has 2 aliphatic rings. The van der Waals surface area contributed by atoms with E-state index in [1.165, 1.54) is 0 Å². The Hall–Kier alpha value is -2.65. The predicted octanol–water partition coefficient (Wildman–Crippen LogP) is 2.79. The number of rotatable bonds is 9. The van der Waals surface area contributed by atoms with Gasteiger partial charge in [0.15, 0.2) is 0 Å². The van der Waals surface area contributed by atoms with Crippen LogP contribution in [0.1, 0.15) is 43.7 Å². The number of amides is 1. The number of nitrogens with zero attached hydrogens (tertiary/aromatic N) is 2. The fourth-order valence-electron chi connectivity index (χ4n) is 4.52. The molecule has 0 saturated carbocycles. The number of aliphatic imine (C=N–C) groups is 1. The Morgan fingerprint density at radius 3 is 2.71 bits per heavy atom. The number of fused-ring (bicyclic) bond motifs is 3. The molecule has 1 amide bonds. The maximum atomic E-state index is 12.9. The van der Waals surface area contributed by atoms with Gasteiger partial charge in [0, 0.05) is 28.4 Å². The van der Waals surface area contributed by atoms with Crippen molar-refractivity contribution < 1.29 is 9.53 Å². The Morgan fingerprint density at radius 2 is 1.97 bits per heavy atom. The Balaban J connectivity index is 1.69. The Labute approximate surface area is 205 Å². The summed E-state index contributed by atoms with van der Waals surface area (Å²) in [6.45, 7) is 3.41. The second-order valence-corrected chi connectivity index (χ2v) is 9.09. The van der Waals surface area contributed by atoms with Crippen molar-refractivity contribution in [2.75, 3.05) is 25.1 Å². The molecule has 0 bridgehead atoms. The number of halogens is 1. The van der Waals surface area contributed by atoms with Gasteiger partial charge < -0.3 is 20.7 Å². The lowest BCUT2D eigenvalue weighted by Gasteiger charge is -2.31. The highest BCUT2D eigenvalue weighted by atomic mass is 35.5. The molecule has 34 heavy (non-hydrogen) atoms. The van der Waals surface area contributed by atoms with Crippen LogP contribution in [0.4, 0.5) is 5.69 Å². The molecule has 9 heteroatoms. The molecular weight excluding hydrogens is 452 g/mol. The van der Waals surface area contributed by atoms with Crippen LogP contribution in [0.2, 0.25) is 5.02 Å². The molecule has 2 aromatic carbocycles. The van der Waals surface area contributed by atoms with Crippen LogP contribution in [-0.2, 0) is 4.79 Å². The number of benzene rings is 2.